The molecular formula is C17H22N2O. The number of rotatable bonds is 4. The summed E-state index contributed by atoms with van der Waals surface area (Å²) in [6.07, 6.45) is 8.84. The number of nitrogens with one attached hydrogen (secondary N) is 2. The van der Waals surface area contributed by atoms with Crippen molar-refractivity contribution in [1.29, 1.82) is 0 Å². The Labute approximate surface area is 120 Å². The van der Waals surface area contributed by atoms with Crippen molar-refractivity contribution in [3.05, 3.63) is 42.0 Å². The van der Waals surface area contributed by atoms with E-state index in [-0.39, 0.29) is 5.91 Å². The van der Waals surface area contributed by atoms with Crippen LogP contribution in [0.2, 0.25) is 0 Å². The standard InChI is InChI=1S/C17H22N2O/c20-17-10-14(15-8-4-5-9-16(15)19-17)12-18-11-13-6-2-1-3-7-13/h1-2,4-5,8-9,13-14,18H,3,6-7,10-12H2,(H,19,20). The van der Waals surface area contributed by atoms with Gasteiger partial charge in [-0.25, -0.2) is 0 Å². The number of carbonyl (C=O) groups is 1. The van der Waals surface area contributed by atoms with Crippen LogP contribution in [0.25, 0.3) is 0 Å². The Morgan fingerprint density at radius 3 is 2.95 bits per heavy atom. The Kier molecular flexibility index (Phi) is 4.16. The molecule has 0 radical (unpaired) electrons. The maximum absolute atomic E-state index is 11.8. The normalized spacial score (nSPS) is 25.1. The molecule has 1 aromatic rings. The third kappa shape index (κ3) is 3.10. The van der Waals surface area contributed by atoms with Gasteiger partial charge in [-0.1, -0.05) is 30.4 Å². The van der Waals surface area contributed by atoms with Gasteiger partial charge in [0.15, 0.2) is 0 Å². The van der Waals surface area contributed by atoms with Crippen LogP contribution >= 0.6 is 0 Å². The highest BCUT2D eigenvalue weighted by molar-refractivity contribution is 5.94. The monoisotopic (exact) mass is 270 g/mol. The van der Waals surface area contributed by atoms with E-state index in [1.165, 1.54) is 24.8 Å². The SMILES string of the molecule is O=C1CC(CNCC2CC=CCC2)c2ccccc2N1. The fourth-order valence-electron chi connectivity index (χ4n) is 3.19. The Balaban J connectivity index is 1.57. The van der Waals surface area contributed by atoms with Crippen molar-refractivity contribution >= 4 is 11.6 Å². The van der Waals surface area contributed by atoms with Crippen molar-refractivity contribution < 1.29 is 4.79 Å². The van der Waals surface area contributed by atoms with Gasteiger partial charge in [0.2, 0.25) is 5.91 Å². The van der Waals surface area contributed by atoms with E-state index in [1.54, 1.807) is 0 Å². The van der Waals surface area contributed by atoms with Crippen molar-refractivity contribution in [2.45, 2.75) is 31.6 Å². The van der Waals surface area contributed by atoms with E-state index in [2.05, 4.69) is 34.9 Å². The molecule has 1 aromatic carbocycles. The summed E-state index contributed by atoms with van der Waals surface area (Å²) in [7, 11) is 0. The van der Waals surface area contributed by atoms with Crippen molar-refractivity contribution in [2.24, 2.45) is 5.92 Å². The fourth-order valence-corrected chi connectivity index (χ4v) is 3.19. The Morgan fingerprint density at radius 1 is 1.20 bits per heavy atom. The summed E-state index contributed by atoms with van der Waals surface area (Å²) in [6, 6.07) is 8.15. The van der Waals surface area contributed by atoms with Crippen LogP contribution in [0.4, 0.5) is 5.69 Å². The van der Waals surface area contributed by atoms with Crippen LogP contribution in [-0.4, -0.2) is 19.0 Å². The summed E-state index contributed by atoms with van der Waals surface area (Å²) in [5.41, 5.74) is 2.25. The predicted octanol–water partition coefficient (Wildman–Crippen LogP) is 3.06. The van der Waals surface area contributed by atoms with E-state index < -0.39 is 0 Å². The van der Waals surface area contributed by atoms with Crippen molar-refractivity contribution in [3.63, 3.8) is 0 Å². The Morgan fingerprint density at radius 2 is 2.10 bits per heavy atom. The highest BCUT2D eigenvalue weighted by atomic mass is 16.1. The molecule has 0 aromatic heterocycles. The lowest BCUT2D eigenvalue weighted by Crippen LogP contribution is -2.32. The third-order valence-electron chi connectivity index (χ3n) is 4.31. The van der Waals surface area contributed by atoms with Crippen LogP contribution in [0.15, 0.2) is 36.4 Å². The van der Waals surface area contributed by atoms with Gasteiger partial charge >= 0.3 is 0 Å². The first-order chi connectivity index (χ1) is 9.83. The molecule has 0 bridgehead atoms. The van der Waals surface area contributed by atoms with E-state index >= 15 is 0 Å². The summed E-state index contributed by atoms with van der Waals surface area (Å²) in [6.45, 7) is 1.95. The van der Waals surface area contributed by atoms with Crippen LogP contribution in [0.5, 0.6) is 0 Å². The quantitative estimate of drug-likeness (QED) is 0.826. The first kappa shape index (κ1) is 13.4. The minimum Gasteiger partial charge on any atom is -0.326 e. The minimum atomic E-state index is 0.135. The fraction of sp³-hybridized carbons (Fsp3) is 0.471. The van der Waals surface area contributed by atoms with Gasteiger partial charge < -0.3 is 10.6 Å². The maximum atomic E-state index is 11.8. The molecule has 0 saturated heterocycles. The molecule has 0 spiro atoms. The second-order valence-electron chi connectivity index (χ2n) is 5.85. The number of para-hydroxylation sites is 1. The van der Waals surface area contributed by atoms with Gasteiger partial charge in [-0.3, -0.25) is 4.79 Å². The number of amides is 1. The zero-order valence-corrected chi connectivity index (χ0v) is 11.8. The second-order valence-corrected chi connectivity index (χ2v) is 5.85. The second kappa shape index (κ2) is 6.23. The molecule has 1 aliphatic carbocycles. The molecule has 106 valence electrons. The smallest absolute Gasteiger partial charge is 0.225 e. The van der Waals surface area contributed by atoms with E-state index in [0.717, 1.165) is 24.7 Å². The topological polar surface area (TPSA) is 41.1 Å². The number of fused-ring (bicyclic) bond motifs is 1. The first-order valence-corrected chi connectivity index (χ1v) is 7.57. The number of anilines is 1. The third-order valence-corrected chi connectivity index (χ3v) is 4.31. The van der Waals surface area contributed by atoms with Gasteiger partial charge in [0.05, 0.1) is 0 Å². The van der Waals surface area contributed by atoms with Gasteiger partial charge in [0.25, 0.3) is 0 Å². The van der Waals surface area contributed by atoms with Crippen LogP contribution in [0, 0.1) is 5.92 Å². The van der Waals surface area contributed by atoms with Crippen molar-refractivity contribution in [1.82, 2.24) is 5.32 Å². The largest absolute Gasteiger partial charge is 0.326 e. The van der Waals surface area contributed by atoms with Crippen LogP contribution < -0.4 is 10.6 Å². The Bertz CT molecular complexity index is 509. The van der Waals surface area contributed by atoms with E-state index in [4.69, 9.17) is 0 Å². The summed E-state index contributed by atoms with van der Waals surface area (Å²) in [5, 5.41) is 6.53. The number of carbonyl (C=O) groups excluding carboxylic acids is 1. The van der Waals surface area contributed by atoms with Crippen molar-refractivity contribution in [3.8, 4) is 0 Å². The highest BCUT2D eigenvalue weighted by Gasteiger charge is 2.24. The number of hydrogen-bond acceptors (Lipinski definition) is 2. The minimum absolute atomic E-state index is 0.135. The molecule has 20 heavy (non-hydrogen) atoms. The summed E-state index contributed by atoms with van der Waals surface area (Å²) in [4.78, 5) is 11.8. The van der Waals surface area contributed by atoms with Gasteiger partial charge in [0, 0.05) is 24.6 Å². The molecule has 3 nitrogen and oxygen atoms in total. The van der Waals surface area contributed by atoms with Gasteiger partial charge in [0.1, 0.15) is 0 Å². The molecule has 1 heterocycles. The van der Waals surface area contributed by atoms with Gasteiger partial charge in [-0.05, 0) is 43.4 Å². The molecule has 2 unspecified atom stereocenters. The first-order valence-electron chi connectivity index (χ1n) is 7.57. The lowest BCUT2D eigenvalue weighted by molar-refractivity contribution is -0.116. The van der Waals surface area contributed by atoms with Crippen LogP contribution in [0.3, 0.4) is 0 Å². The van der Waals surface area contributed by atoms with Gasteiger partial charge in [-0.15, -0.1) is 0 Å². The zero-order chi connectivity index (χ0) is 13.8. The predicted molar refractivity (Wildman–Crippen MR) is 81.8 cm³/mol. The molecule has 3 heteroatoms. The average molecular weight is 270 g/mol. The molecule has 0 saturated carbocycles. The molecule has 1 amide bonds. The Hall–Kier alpha value is -1.61. The molecule has 2 aliphatic rings. The van der Waals surface area contributed by atoms with E-state index in [0.29, 0.717) is 12.3 Å². The van der Waals surface area contributed by atoms with Gasteiger partial charge in [-0.2, -0.15) is 0 Å². The summed E-state index contributed by atoms with van der Waals surface area (Å²) >= 11 is 0. The van der Waals surface area contributed by atoms with Crippen molar-refractivity contribution in [2.75, 3.05) is 18.4 Å². The van der Waals surface area contributed by atoms with Crippen LogP contribution in [0.1, 0.15) is 37.2 Å². The lowest BCUT2D eigenvalue weighted by Gasteiger charge is -2.27. The van der Waals surface area contributed by atoms with E-state index in [9.17, 15) is 4.79 Å². The zero-order valence-electron chi connectivity index (χ0n) is 11.8. The average Bonchev–Trinajstić information content (AvgIpc) is 2.48. The molecule has 2 N–H and O–H groups in total. The molecule has 3 rings (SSSR count). The maximum Gasteiger partial charge on any atom is 0.225 e. The summed E-state index contributed by atoms with van der Waals surface area (Å²) < 4.78 is 0. The molecule has 2 atom stereocenters. The molecule has 1 aliphatic heterocycles. The molecule has 0 fully saturated rings. The van der Waals surface area contributed by atoms with Crippen LogP contribution in [-0.2, 0) is 4.79 Å². The number of allylic oxidation sites excluding steroid dienone is 2. The van der Waals surface area contributed by atoms with E-state index in [1.807, 2.05) is 12.1 Å². The number of hydrogen-bond donors (Lipinski definition) is 2. The lowest BCUT2D eigenvalue weighted by atomic mass is 9.90. The molecular weight excluding hydrogens is 248 g/mol. The number of benzene rings is 1. The highest BCUT2D eigenvalue weighted by Crippen LogP contribution is 2.31. The summed E-state index contributed by atoms with van der Waals surface area (Å²) in [5.74, 6) is 1.20.